The molecular weight excluding hydrogens is 402 g/mol. The fourth-order valence-electron chi connectivity index (χ4n) is 3.58. The number of fused-ring (bicyclic) bond motifs is 1. The van der Waals surface area contributed by atoms with Crippen LogP contribution in [0, 0.1) is 0 Å². The van der Waals surface area contributed by atoms with Crippen LogP contribution in [0.15, 0.2) is 15.0 Å². The molecule has 14 nitrogen and oxygen atoms in total. The van der Waals surface area contributed by atoms with E-state index in [-0.39, 0.29) is 18.2 Å². The van der Waals surface area contributed by atoms with E-state index in [4.69, 9.17) is 16.2 Å². The van der Waals surface area contributed by atoms with Gasteiger partial charge in [-0.15, -0.1) is 0 Å². The molecule has 0 aliphatic carbocycles. The van der Waals surface area contributed by atoms with Crippen molar-refractivity contribution in [3.63, 3.8) is 0 Å². The SMILES string of the molecule is C[C@@H](O)[C@H](N)C(=O)NC1(C)N=CN=C2C1=NCN2[C@]1(C(N)=O)O[C@H](CO)[C@@H](O)[C@H]1O. The summed E-state index contributed by atoms with van der Waals surface area (Å²) < 4.78 is 5.50. The number of hydrogen-bond donors (Lipinski definition) is 7. The number of aliphatic imine (C=N–C) groups is 3. The van der Waals surface area contributed by atoms with Crippen LogP contribution in [0.2, 0.25) is 0 Å². The van der Waals surface area contributed by atoms with E-state index in [1.54, 1.807) is 0 Å². The Hall–Kier alpha value is -2.49. The zero-order chi connectivity index (χ0) is 22.4. The second-order valence-electron chi connectivity index (χ2n) is 7.44. The van der Waals surface area contributed by atoms with Crippen molar-refractivity contribution in [3.05, 3.63) is 0 Å². The van der Waals surface area contributed by atoms with E-state index in [1.807, 2.05) is 0 Å². The van der Waals surface area contributed by atoms with E-state index in [9.17, 15) is 30.0 Å². The number of amidine groups is 1. The van der Waals surface area contributed by atoms with Gasteiger partial charge in [0.25, 0.3) is 11.6 Å². The van der Waals surface area contributed by atoms with Crippen LogP contribution in [-0.4, -0.2) is 110 Å². The average molecular weight is 427 g/mol. The predicted molar refractivity (Wildman–Crippen MR) is 102 cm³/mol. The third-order valence-electron chi connectivity index (χ3n) is 5.35. The average Bonchev–Trinajstić information content (AvgIpc) is 3.23. The highest BCUT2D eigenvalue weighted by atomic mass is 16.6. The van der Waals surface area contributed by atoms with Crippen LogP contribution in [0.1, 0.15) is 13.8 Å². The first-order valence-electron chi connectivity index (χ1n) is 9.14. The summed E-state index contributed by atoms with van der Waals surface area (Å²) in [5, 5.41) is 42.2. The molecule has 166 valence electrons. The Kier molecular flexibility index (Phi) is 5.66. The molecule has 2 amide bonds. The summed E-state index contributed by atoms with van der Waals surface area (Å²) in [5.41, 5.74) is 7.59. The number of nitrogens with two attached hydrogens (primary N) is 2. The van der Waals surface area contributed by atoms with Crippen LogP contribution in [0.5, 0.6) is 0 Å². The molecule has 3 aliphatic rings. The number of amides is 2. The van der Waals surface area contributed by atoms with Gasteiger partial charge in [-0.25, -0.2) is 9.98 Å². The van der Waals surface area contributed by atoms with Crippen molar-refractivity contribution in [2.75, 3.05) is 13.3 Å². The summed E-state index contributed by atoms with van der Waals surface area (Å²) in [5.74, 6) is -1.82. The maximum absolute atomic E-state index is 12.4. The molecule has 3 heterocycles. The number of ether oxygens (including phenoxy) is 1. The molecule has 30 heavy (non-hydrogen) atoms. The van der Waals surface area contributed by atoms with Crippen LogP contribution >= 0.6 is 0 Å². The Morgan fingerprint density at radius 1 is 1.47 bits per heavy atom. The highest BCUT2D eigenvalue weighted by Crippen LogP contribution is 2.37. The fraction of sp³-hybridized carbons (Fsp3) is 0.688. The molecule has 1 unspecified atom stereocenters. The van der Waals surface area contributed by atoms with E-state index < -0.39 is 60.3 Å². The first kappa shape index (κ1) is 22.2. The number of aliphatic hydroxyl groups excluding tert-OH is 4. The first-order valence-corrected chi connectivity index (χ1v) is 9.14. The third-order valence-corrected chi connectivity index (χ3v) is 5.35. The predicted octanol–water partition coefficient (Wildman–Crippen LogP) is -5.02. The number of nitrogens with one attached hydrogen (secondary N) is 1. The third kappa shape index (κ3) is 3.17. The fourth-order valence-corrected chi connectivity index (χ4v) is 3.58. The monoisotopic (exact) mass is 427 g/mol. The van der Waals surface area contributed by atoms with Gasteiger partial charge in [0.1, 0.15) is 43.1 Å². The molecule has 0 bridgehead atoms. The van der Waals surface area contributed by atoms with Gasteiger partial charge in [-0.2, -0.15) is 0 Å². The highest BCUT2D eigenvalue weighted by Gasteiger charge is 2.64. The lowest BCUT2D eigenvalue weighted by molar-refractivity contribution is -0.179. The van der Waals surface area contributed by atoms with Gasteiger partial charge in [-0.05, 0) is 13.8 Å². The zero-order valence-electron chi connectivity index (χ0n) is 16.3. The number of aliphatic hydroxyl groups is 4. The lowest BCUT2D eigenvalue weighted by atomic mass is 9.98. The molecule has 1 saturated heterocycles. The molecule has 0 spiro atoms. The minimum Gasteiger partial charge on any atom is -0.394 e. The molecule has 9 N–H and O–H groups in total. The summed E-state index contributed by atoms with van der Waals surface area (Å²) in [4.78, 5) is 38.3. The molecule has 0 aromatic carbocycles. The van der Waals surface area contributed by atoms with Gasteiger partial charge in [-0.3, -0.25) is 19.5 Å². The van der Waals surface area contributed by atoms with Crippen molar-refractivity contribution in [1.82, 2.24) is 10.2 Å². The maximum Gasteiger partial charge on any atom is 0.274 e. The highest BCUT2D eigenvalue weighted by molar-refractivity contribution is 6.48. The van der Waals surface area contributed by atoms with E-state index >= 15 is 0 Å². The van der Waals surface area contributed by atoms with E-state index in [1.165, 1.54) is 13.8 Å². The zero-order valence-corrected chi connectivity index (χ0v) is 16.3. The van der Waals surface area contributed by atoms with Crippen molar-refractivity contribution in [2.24, 2.45) is 26.4 Å². The van der Waals surface area contributed by atoms with Gasteiger partial charge in [0.05, 0.1) is 12.7 Å². The van der Waals surface area contributed by atoms with Gasteiger partial charge < -0.3 is 41.9 Å². The second kappa shape index (κ2) is 7.64. The van der Waals surface area contributed by atoms with Gasteiger partial charge in [-0.1, -0.05) is 0 Å². The molecule has 7 atom stereocenters. The van der Waals surface area contributed by atoms with Gasteiger partial charge >= 0.3 is 0 Å². The van der Waals surface area contributed by atoms with Crippen molar-refractivity contribution in [1.29, 1.82) is 0 Å². The second-order valence-corrected chi connectivity index (χ2v) is 7.44. The number of primary amides is 1. The van der Waals surface area contributed by atoms with E-state index in [0.29, 0.717) is 0 Å². The standard InChI is InChI=1S/C16H25N7O7/c1-6(25)8(17)13(28)22-15(2)10-12(19-4-21-15)23(5-20-10)16(14(18)29)11(27)9(26)7(3-24)30-16/h4,6-9,11,24-27H,3,5,17H2,1-2H3,(H2,18,29)(H,22,28)/t6-,7-,8+,9-,11-,15?,16+/m1/s1. The topological polar surface area (TPSA) is 229 Å². The minimum atomic E-state index is -2.26. The molecule has 0 aromatic heterocycles. The summed E-state index contributed by atoms with van der Waals surface area (Å²) in [6, 6.07) is -1.23. The van der Waals surface area contributed by atoms with Crippen molar-refractivity contribution < 1.29 is 34.8 Å². The first-order chi connectivity index (χ1) is 14.0. The largest absolute Gasteiger partial charge is 0.394 e. The van der Waals surface area contributed by atoms with Crippen molar-refractivity contribution >= 4 is 29.7 Å². The quantitative estimate of drug-likeness (QED) is 0.215. The molecular formula is C16H25N7O7. The number of nitrogens with zero attached hydrogens (tertiary/aromatic N) is 4. The number of carbonyl (C=O) groups is 2. The van der Waals surface area contributed by atoms with E-state index in [2.05, 4.69) is 20.3 Å². The van der Waals surface area contributed by atoms with Gasteiger partial charge in [0, 0.05) is 0 Å². The Labute approximate surface area is 170 Å². The molecule has 0 radical (unpaired) electrons. The van der Waals surface area contributed by atoms with Gasteiger partial charge in [0.15, 0.2) is 11.5 Å². The van der Waals surface area contributed by atoms with Crippen LogP contribution in [0.3, 0.4) is 0 Å². The Balaban J connectivity index is 1.93. The summed E-state index contributed by atoms with van der Waals surface area (Å²) in [6.07, 6.45) is -4.69. The lowest BCUT2D eigenvalue weighted by Crippen LogP contribution is -2.67. The Bertz CT molecular complexity index is 831. The van der Waals surface area contributed by atoms with Crippen LogP contribution in [-0.2, 0) is 14.3 Å². The van der Waals surface area contributed by atoms with E-state index in [0.717, 1.165) is 11.2 Å². The molecule has 14 heteroatoms. The number of carbonyl (C=O) groups excluding carboxylic acids is 2. The van der Waals surface area contributed by atoms with Crippen LogP contribution < -0.4 is 16.8 Å². The van der Waals surface area contributed by atoms with Gasteiger partial charge in [0.2, 0.25) is 5.91 Å². The maximum atomic E-state index is 12.4. The lowest BCUT2D eigenvalue weighted by Gasteiger charge is -2.39. The Morgan fingerprint density at radius 3 is 2.67 bits per heavy atom. The summed E-state index contributed by atoms with van der Waals surface area (Å²) in [7, 11) is 0. The number of rotatable bonds is 6. The summed E-state index contributed by atoms with van der Waals surface area (Å²) in [6.45, 7) is 1.92. The molecule has 1 fully saturated rings. The van der Waals surface area contributed by atoms with Crippen LogP contribution in [0.25, 0.3) is 0 Å². The Morgan fingerprint density at radius 2 is 2.13 bits per heavy atom. The van der Waals surface area contributed by atoms with Crippen molar-refractivity contribution in [2.45, 2.75) is 55.7 Å². The summed E-state index contributed by atoms with van der Waals surface area (Å²) >= 11 is 0. The molecule has 3 aliphatic heterocycles. The number of hydrogen-bond acceptors (Lipinski definition) is 12. The normalized spacial score (nSPS) is 37.3. The molecule has 3 rings (SSSR count). The van der Waals surface area contributed by atoms with Crippen LogP contribution in [0.4, 0.5) is 0 Å². The minimum absolute atomic E-state index is 0.0158. The smallest absolute Gasteiger partial charge is 0.274 e. The van der Waals surface area contributed by atoms with Crippen molar-refractivity contribution in [3.8, 4) is 0 Å². The molecule has 0 aromatic rings. The molecule has 0 saturated carbocycles.